The van der Waals surface area contributed by atoms with Gasteiger partial charge in [0.1, 0.15) is 0 Å². The third-order valence-electron chi connectivity index (χ3n) is 1.26. The number of hydrogen-bond donors (Lipinski definition) is 2. The first-order valence-corrected chi connectivity index (χ1v) is 3.32. The summed E-state index contributed by atoms with van der Waals surface area (Å²) >= 11 is 0. The van der Waals surface area contributed by atoms with E-state index in [1.54, 1.807) is 0 Å². The van der Waals surface area contributed by atoms with Crippen LogP contribution in [0.3, 0.4) is 0 Å². The van der Waals surface area contributed by atoms with Gasteiger partial charge in [0, 0.05) is 11.8 Å². The highest BCUT2D eigenvalue weighted by atomic mass is 19.3. The Bertz CT molecular complexity index is 317. The van der Waals surface area contributed by atoms with Gasteiger partial charge in [-0.1, -0.05) is 0 Å². The van der Waals surface area contributed by atoms with Crippen molar-refractivity contribution in [3.63, 3.8) is 0 Å². The number of rotatable bonds is 2. The number of amides is 1. The van der Waals surface area contributed by atoms with E-state index < -0.39 is 12.5 Å². The van der Waals surface area contributed by atoms with E-state index in [4.69, 9.17) is 5.11 Å². The molecule has 2 N–H and O–H groups in total. The molecule has 6 heteroatoms. The zero-order chi connectivity index (χ0) is 9.84. The van der Waals surface area contributed by atoms with Gasteiger partial charge in [0.2, 0.25) is 0 Å². The number of alkyl halides is 2. The Balaban J connectivity index is 2.85. The van der Waals surface area contributed by atoms with Crippen LogP contribution in [0.25, 0.3) is 0 Å². The number of nitrogens with one attached hydrogen (secondary N) is 1. The molecule has 0 saturated heterocycles. The minimum atomic E-state index is -2.65. The van der Waals surface area contributed by atoms with E-state index >= 15 is 0 Å². The maximum atomic E-state index is 12.1. The Morgan fingerprint density at radius 3 is 2.77 bits per heavy atom. The summed E-state index contributed by atoms with van der Waals surface area (Å²) < 4.78 is 24.1. The first-order valence-electron chi connectivity index (χ1n) is 3.32. The predicted molar refractivity (Wildman–Crippen MR) is 40.8 cm³/mol. The van der Waals surface area contributed by atoms with Crippen molar-refractivity contribution in [2.45, 2.75) is 6.43 Å². The maximum absolute atomic E-state index is 12.1. The SMILES string of the molecule is O=C(O)Nc1cncc(C(F)F)c1. The second-order valence-corrected chi connectivity index (χ2v) is 2.24. The van der Waals surface area contributed by atoms with Crippen LogP contribution in [0, 0.1) is 0 Å². The number of anilines is 1. The minimum absolute atomic E-state index is 0.0327. The van der Waals surface area contributed by atoms with Crippen molar-refractivity contribution in [3.05, 3.63) is 24.0 Å². The Labute approximate surface area is 72.2 Å². The summed E-state index contributed by atoms with van der Waals surface area (Å²) in [4.78, 5) is 13.6. The highest BCUT2D eigenvalue weighted by molar-refractivity contribution is 5.82. The number of carbonyl (C=O) groups is 1. The number of aromatic nitrogens is 1. The molecule has 0 saturated carbocycles. The molecule has 0 aliphatic rings. The van der Waals surface area contributed by atoms with Gasteiger partial charge < -0.3 is 5.11 Å². The van der Waals surface area contributed by atoms with Crippen molar-refractivity contribution in [2.24, 2.45) is 0 Å². The molecule has 13 heavy (non-hydrogen) atoms. The van der Waals surface area contributed by atoms with Gasteiger partial charge >= 0.3 is 6.09 Å². The Morgan fingerprint density at radius 1 is 1.54 bits per heavy atom. The van der Waals surface area contributed by atoms with Crippen LogP contribution in [0.1, 0.15) is 12.0 Å². The predicted octanol–water partition coefficient (Wildman–Crippen LogP) is 2.11. The first kappa shape index (κ1) is 9.37. The fourth-order valence-electron chi connectivity index (χ4n) is 0.769. The van der Waals surface area contributed by atoms with E-state index in [1.165, 1.54) is 0 Å². The van der Waals surface area contributed by atoms with E-state index in [-0.39, 0.29) is 11.3 Å². The van der Waals surface area contributed by atoms with Crippen LogP contribution in [-0.2, 0) is 0 Å². The summed E-state index contributed by atoms with van der Waals surface area (Å²) in [7, 11) is 0. The van der Waals surface area contributed by atoms with Crippen LogP contribution in [0.5, 0.6) is 0 Å². The van der Waals surface area contributed by atoms with Crippen LogP contribution < -0.4 is 5.32 Å². The molecular formula is C7H6F2N2O2. The van der Waals surface area contributed by atoms with Crippen LogP contribution in [0.2, 0.25) is 0 Å². The Hall–Kier alpha value is -1.72. The smallest absolute Gasteiger partial charge is 0.409 e. The molecular weight excluding hydrogens is 182 g/mol. The highest BCUT2D eigenvalue weighted by Crippen LogP contribution is 2.20. The van der Waals surface area contributed by atoms with Crippen molar-refractivity contribution < 1.29 is 18.7 Å². The molecule has 1 heterocycles. The normalized spacial score (nSPS) is 10.1. The Kier molecular flexibility index (Phi) is 2.73. The molecule has 0 fully saturated rings. The highest BCUT2D eigenvalue weighted by Gasteiger charge is 2.08. The summed E-state index contributed by atoms with van der Waals surface area (Å²) in [5.74, 6) is 0. The summed E-state index contributed by atoms with van der Waals surface area (Å²) in [6.07, 6.45) is -1.83. The van der Waals surface area contributed by atoms with Crippen LogP contribution >= 0.6 is 0 Å². The third kappa shape index (κ3) is 2.66. The molecule has 1 aromatic rings. The van der Waals surface area contributed by atoms with E-state index in [9.17, 15) is 13.6 Å². The van der Waals surface area contributed by atoms with Crippen LogP contribution in [0.4, 0.5) is 19.3 Å². The number of halogens is 2. The molecule has 1 aromatic heterocycles. The largest absolute Gasteiger partial charge is 0.465 e. The van der Waals surface area contributed by atoms with E-state index in [0.717, 1.165) is 18.5 Å². The third-order valence-corrected chi connectivity index (χ3v) is 1.26. The lowest BCUT2D eigenvalue weighted by Gasteiger charge is -2.02. The molecule has 1 rings (SSSR count). The first-order chi connectivity index (χ1) is 6.09. The molecule has 0 aromatic carbocycles. The molecule has 0 radical (unpaired) electrons. The van der Waals surface area contributed by atoms with Crippen molar-refractivity contribution in [3.8, 4) is 0 Å². The summed E-state index contributed by atoms with van der Waals surface area (Å²) in [6, 6.07) is 1.03. The van der Waals surface area contributed by atoms with Gasteiger partial charge in [-0.05, 0) is 6.07 Å². The molecule has 0 bridgehead atoms. The molecule has 1 amide bonds. The molecule has 0 spiro atoms. The molecule has 0 aliphatic carbocycles. The van der Waals surface area contributed by atoms with Crippen molar-refractivity contribution >= 4 is 11.8 Å². The standard InChI is InChI=1S/C7H6F2N2O2/c8-6(9)4-1-5(3-10-2-4)11-7(12)13/h1-3,6,11H,(H,12,13). The maximum Gasteiger partial charge on any atom is 0.409 e. The molecule has 70 valence electrons. The average molecular weight is 188 g/mol. The molecule has 0 unspecified atom stereocenters. The zero-order valence-electron chi connectivity index (χ0n) is 6.37. The monoisotopic (exact) mass is 188 g/mol. The second-order valence-electron chi connectivity index (χ2n) is 2.24. The van der Waals surface area contributed by atoms with Gasteiger partial charge in [-0.2, -0.15) is 0 Å². The lowest BCUT2D eigenvalue weighted by molar-refractivity contribution is 0.151. The number of nitrogens with zero attached hydrogens (tertiary/aromatic N) is 1. The van der Waals surface area contributed by atoms with Crippen molar-refractivity contribution in [1.82, 2.24) is 4.98 Å². The van der Waals surface area contributed by atoms with Crippen LogP contribution in [-0.4, -0.2) is 16.2 Å². The fourth-order valence-corrected chi connectivity index (χ4v) is 0.769. The van der Waals surface area contributed by atoms with Gasteiger partial charge in [0.15, 0.2) is 0 Å². The molecule has 4 nitrogen and oxygen atoms in total. The van der Waals surface area contributed by atoms with E-state index in [0.29, 0.717) is 0 Å². The summed E-state index contributed by atoms with van der Waals surface area (Å²) in [6.45, 7) is 0. The summed E-state index contributed by atoms with van der Waals surface area (Å²) in [5.41, 5.74) is -0.281. The van der Waals surface area contributed by atoms with Gasteiger partial charge in [0.25, 0.3) is 6.43 Å². The van der Waals surface area contributed by atoms with Gasteiger partial charge in [0.05, 0.1) is 11.9 Å². The van der Waals surface area contributed by atoms with E-state index in [2.05, 4.69) is 4.98 Å². The fraction of sp³-hybridized carbons (Fsp3) is 0.143. The van der Waals surface area contributed by atoms with E-state index in [1.807, 2.05) is 5.32 Å². The van der Waals surface area contributed by atoms with Gasteiger partial charge in [-0.3, -0.25) is 10.3 Å². The second kappa shape index (κ2) is 3.79. The number of hydrogen-bond acceptors (Lipinski definition) is 2. The zero-order valence-corrected chi connectivity index (χ0v) is 6.37. The average Bonchev–Trinajstić information content (AvgIpc) is 2.03. The van der Waals surface area contributed by atoms with Gasteiger partial charge in [-0.25, -0.2) is 13.6 Å². The topological polar surface area (TPSA) is 62.2 Å². The lowest BCUT2D eigenvalue weighted by atomic mass is 10.3. The molecule has 0 atom stereocenters. The van der Waals surface area contributed by atoms with Crippen molar-refractivity contribution in [2.75, 3.05) is 5.32 Å². The Morgan fingerprint density at radius 2 is 2.23 bits per heavy atom. The van der Waals surface area contributed by atoms with Gasteiger partial charge in [-0.15, -0.1) is 0 Å². The number of pyridine rings is 1. The van der Waals surface area contributed by atoms with Crippen molar-refractivity contribution in [1.29, 1.82) is 0 Å². The minimum Gasteiger partial charge on any atom is -0.465 e. The molecule has 0 aliphatic heterocycles. The lowest BCUT2D eigenvalue weighted by Crippen LogP contribution is -2.07. The quantitative estimate of drug-likeness (QED) is 0.747. The van der Waals surface area contributed by atoms with Crippen LogP contribution in [0.15, 0.2) is 18.5 Å². The number of carboxylic acid groups (broad SMARTS) is 1. The summed E-state index contributed by atoms with van der Waals surface area (Å²) in [5, 5.41) is 10.2.